The van der Waals surface area contributed by atoms with Gasteiger partial charge in [0, 0.05) is 18.2 Å². The molecule has 16 heavy (non-hydrogen) atoms. The zero-order valence-electron chi connectivity index (χ0n) is 9.64. The molecule has 4 heteroatoms. The van der Waals surface area contributed by atoms with Crippen molar-refractivity contribution < 1.29 is 0 Å². The van der Waals surface area contributed by atoms with Gasteiger partial charge >= 0.3 is 0 Å². The van der Waals surface area contributed by atoms with E-state index in [-0.39, 0.29) is 0 Å². The van der Waals surface area contributed by atoms with Gasteiger partial charge in [-0.1, -0.05) is 13.8 Å². The van der Waals surface area contributed by atoms with E-state index in [2.05, 4.69) is 28.4 Å². The molecule has 0 radical (unpaired) electrons. The smallest absolute Gasteiger partial charge is 0.151 e. The highest BCUT2D eigenvalue weighted by Gasteiger charge is 2.29. The summed E-state index contributed by atoms with van der Waals surface area (Å²) >= 11 is 0. The van der Waals surface area contributed by atoms with Crippen molar-refractivity contribution in [2.24, 2.45) is 0 Å². The lowest BCUT2D eigenvalue weighted by Crippen LogP contribution is -2.03. The van der Waals surface area contributed by atoms with Crippen molar-refractivity contribution in [3.05, 3.63) is 18.1 Å². The lowest BCUT2D eigenvalue weighted by Gasteiger charge is -2.09. The number of anilines is 1. The Balaban J connectivity index is 2.32. The first-order chi connectivity index (χ1) is 7.68. The van der Waals surface area contributed by atoms with Gasteiger partial charge in [-0.3, -0.25) is 0 Å². The van der Waals surface area contributed by atoms with E-state index < -0.39 is 0 Å². The predicted octanol–water partition coefficient (Wildman–Crippen LogP) is 2.47. The summed E-state index contributed by atoms with van der Waals surface area (Å²) in [6.07, 6.45) is 4.28. The molecule has 1 fully saturated rings. The molecule has 0 unspecified atom stereocenters. The Kier molecular flexibility index (Phi) is 1.93. The average Bonchev–Trinajstić information content (AvgIpc) is 2.99. The molecule has 0 bridgehead atoms. The van der Waals surface area contributed by atoms with E-state index >= 15 is 0 Å². The number of nitrogen functional groups attached to an aromatic ring is 1. The average molecular weight is 216 g/mol. The van der Waals surface area contributed by atoms with Gasteiger partial charge in [-0.2, -0.15) is 0 Å². The van der Waals surface area contributed by atoms with Crippen LogP contribution in [0.5, 0.6) is 0 Å². The summed E-state index contributed by atoms with van der Waals surface area (Å²) in [4.78, 5) is 8.75. The maximum atomic E-state index is 5.87. The fourth-order valence-corrected chi connectivity index (χ4v) is 2.18. The first-order valence-electron chi connectivity index (χ1n) is 5.80. The predicted molar refractivity (Wildman–Crippen MR) is 64.3 cm³/mol. The molecule has 0 saturated heterocycles. The van der Waals surface area contributed by atoms with Crippen LogP contribution in [0.4, 0.5) is 5.82 Å². The van der Waals surface area contributed by atoms with Crippen LogP contribution in [0.25, 0.3) is 11.0 Å². The van der Waals surface area contributed by atoms with Crippen LogP contribution in [0.15, 0.2) is 12.3 Å². The molecular formula is C12H16N4. The molecule has 0 aromatic carbocycles. The standard InChI is InChI=1S/C12H16N4/c1-7(2)12-15-10-9(5-6-14-11(10)13)16(12)8-3-4-8/h5-8H,3-4H2,1-2H3,(H2,13,14). The van der Waals surface area contributed by atoms with E-state index in [1.165, 1.54) is 12.8 Å². The monoisotopic (exact) mass is 216 g/mol. The van der Waals surface area contributed by atoms with Gasteiger partial charge in [-0.15, -0.1) is 0 Å². The summed E-state index contributed by atoms with van der Waals surface area (Å²) in [5.74, 6) is 2.10. The molecule has 0 spiro atoms. The summed E-state index contributed by atoms with van der Waals surface area (Å²) in [6.45, 7) is 4.34. The van der Waals surface area contributed by atoms with Gasteiger partial charge in [0.1, 0.15) is 11.3 Å². The molecule has 2 aromatic heterocycles. The van der Waals surface area contributed by atoms with E-state index in [0.29, 0.717) is 17.8 Å². The van der Waals surface area contributed by atoms with Crippen LogP contribution in [0.3, 0.4) is 0 Å². The van der Waals surface area contributed by atoms with Gasteiger partial charge in [0.15, 0.2) is 5.82 Å². The zero-order chi connectivity index (χ0) is 11.3. The fourth-order valence-electron chi connectivity index (χ4n) is 2.18. The Morgan fingerprint density at radius 1 is 1.44 bits per heavy atom. The van der Waals surface area contributed by atoms with Gasteiger partial charge < -0.3 is 10.3 Å². The van der Waals surface area contributed by atoms with Crippen molar-refractivity contribution in [2.75, 3.05) is 5.73 Å². The number of fused-ring (bicyclic) bond motifs is 1. The van der Waals surface area contributed by atoms with Crippen molar-refractivity contribution in [2.45, 2.75) is 38.6 Å². The number of nitrogens with two attached hydrogens (primary N) is 1. The molecule has 2 heterocycles. The molecule has 2 aromatic rings. The van der Waals surface area contributed by atoms with Crippen molar-refractivity contribution >= 4 is 16.9 Å². The molecule has 0 amide bonds. The summed E-state index contributed by atoms with van der Waals surface area (Å²) in [5, 5.41) is 0. The minimum Gasteiger partial charge on any atom is -0.382 e. The Hall–Kier alpha value is -1.58. The second kappa shape index (κ2) is 3.20. The van der Waals surface area contributed by atoms with Crippen molar-refractivity contribution in [1.29, 1.82) is 0 Å². The summed E-state index contributed by atoms with van der Waals surface area (Å²) in [7, 11) is 0. The highest BCUT2D eigenvalue weighted by Crippen LogP contribution is 2.40. The van der Waals surface area contributed by atoms with Gasteiger partial charge in [-0.25, -0.2) is 9.97 Å². The molecule has 4 nitrogen and oxygen atoms in total. The lowest BCUT2D eigenvalue weighted by molar-refractivity contribution is 0.654. The molecule has 0 atom stereocenters. The fraction of sp³-hybridized carbons (Fsp3) is 0.500. The second-order valence-electron chi connectivity index (χ2n) is 4.79. The number of nitrogens with zero attached hydrogens (tertiary/aromatic N) is 3. The van der Waals surface area contributed by atoms with Crippen molar-refractivity contribution in [1.82, 2.24) is 14.5 Å². The summed E-state index contributed by atoms with van der Waals surface area (Å²) in [6, 6.07) is 2.65. The third-order valence-corrected chi connectivity index (χ3v) is 3.09. The van der Waals surface area contributed by atoms with Crippen LogP contribution in [-0.4, -0.2) is 14.5 Å². The summed E-state index contributed by atoms with van der Waals surface area (Å²) in [5.41, 5.74) is 7.87. The van der Waals surface area contributed by atoms with Crippen molar-refractivity contribution in [3.63, 3.8) is 0 Å². The summed E-state index contributed by atoms with van der Waals surface area (Å²) < 4.78 is 2.35. The van der Waals surface area contributed by atoms with Crippen molar-refractivity contribution in [3.8, 4) is 0 Å². The number of rotatable bonds is 2. The van der Waals surface area contributed by atoms with E-state index in [4.69, 9.17) is 5.73 Å². The number of imidazole rings is 1. The van der Waals surface area contributed by atoms with Crippen LogP contribution in [-0.2, 0) is 0 Å². The first-order valence-corrected chi connectivity index (χ1v) is 5.80. The topological polar surface area (TPSA) is 56.7 Å². The molecule has 1 aliphatic carbocycles. The number of aromatic nitrogens is 3. The lowest BCUT2D eigenvalue weighted by atomic mass is 10.2. The highest BCUT2D eigenvalue weighted by atomic mass is 15.1. The van der Waals surface area contributed by atoms with E-state index in [9.17, 15) is 0 Å². The van der Waals surface area contributed by atoms with E-state index in [1.807, 2.05) is 6.07 Å². The number of hydrogen-bond acceptors (Lipinski definition) is 3. The quantitative estimate of drug-likeness (QED) is 0.839. The molecular weight excluding hydrogens is 200 g/mol. The van der Waals surface area contributed by atoms with Gasteiger partial charge in [0.2, 0.25) is 0 Å². The van der Waals surface area contributed by atoms with Crippen LogP contribution in [0.2, 0.25) is 0 Å². The highest BCUT2D eigenvalue weighted by molar-refractivity contribution is 5.85. The molecule has 3 rings (SSSR count). The Labute approximate surface area is 94.5 Å². The minimum atomic E-state index is 0.424. The van der Waals surface area contributed by atoms with Gasteiger partial charge in [0.05, 0.1) is 5.52 Å². The molecule has 2 N–H and O–H groups in total. The van der Waals surface area contributed by atoms with Crippen LogP contribution in [0, 0.1) is 0 Å². The molecule has 84 valence electrons. The zero-order valence-corrected chi connectivity index (χ0v) is 9.64. The largest absolute Gasteiger partial charge is 0.382 e. The maximum Gasteiger partial charge on any atom is 0.151 e. The Morgan fingerprint density at radius 2 is 2.19 bits per heavy atom. The Morgan fingerprint density at radius 3 is 2.81 bits per heavy atom. The van der Waals surface area contributed by atoms with Gasteiger partial charge in [-0.05, 0) is 18.9 Å². The Bertz CT molecular complexity index is 537. The third-order valence-electron chi connectivity index (χ3n) is 3.09. The molecule has 1 saturated carbocycles. The van der Waals surface area contributed by atoms with E-state index in [1.54, 1.807) is 6.20 Å². The van der Waals surface area contributed by atoms with Crippen LogP contribution in [0.1, 0.15) is 44.5 Å². The third kappa shape index (κ3) is 1.29. The number of hydrogen-bond donors (Lipinski definition) is 1. The first kappa shape index (κ1) is 9.63. The van der Waals surface area contributed by atoms with Crippen LogP contribution >= 0.6 is 0 Å². The molecule has 1 aliphatic rings. The minimum absolute atomic E-state index is 0.424. The second-order valence-corrected chi connectivity index (χ2v) is 4.79. The number of pyridine rings is 1. The van der Waals surface area contributed by atoms with Crippen LogP contribution < -0.4 is 5.73 Å². The van der Waals surface area contributed by atoms with E-state index in [0.717, 1.165) is 16.9 Å². The normalized spacial score (nSPS) is 16.2. The SMILES string of the molecule is CC(C)c1nc2c(N)nccc2n1C1CC1. The van der Waals surface area contributed by atoms with Gasteiger partial charge in [0.25, 0.3) is 0 Å². The maximum absolute atomic E-state index is 5.87. The molecule has 0 aliphatic heterocycles.